The third-order valence-electron chi connectivity index (χ3n) is 3.47. The van der Waals surface area contributed by atoms with Crippen molar-refractivity contribution in [2.75, 3.05) is 18.4 Å². The highest BCUT2D eigenvalue weighted by molar-refractivity contribution is 7.92. The Morgan fingerprint density at radius 3 is 2.55 bits per heavy atom. The highest BCUT2D eigenvalue weighted by Gasteiger charge is 2.18. The lowest BCUT2D eigenvalue weighted by Crippen LogP contribution is -2.16. The number of hydrogen-bond acceptors (Lipinski definition) is 3. The van der Waals surface area contributed by atoms with Gasteiger partial charge in [-0.2, -0.15) is 0 Å². The Labute approximate surface area is 132 Å². The van der Waals surface area contributed by atoms with E-state index in [0.717, 1.165) is 16.7 Å². The van der Waals surface area contributed by atoms with Crippen LogP contribution in [0.1, 0.15) is 16.7 Å². The highest BCUT2D eigenvalue weighted by Crippen LogP contribution is 2.23. The van der Waals surface area contributed by atoms with Crippen molar-refractivity contribution >= 4 is 15.7 Å². The fourth-order valence-electron chi connectivity index (χ4n) is 2.25. The van der Waals surface area contributed by atoms with Gasteiger partial charge in [0.1, 0.15) is 0 Å². The first kappa shape index (κ1) is 16.5. The van der Waals surface area contributed by atoms with Gasteiger partial charge >= 0.3 is 0 Å². The molecule has 0 bridgehead atoms. The normalized spacial score (nSPS) is 11.4. The molecule has 0 aliphatic heterocycles. The summed E-state index contributed by atoms with van der Waals surface area (Å²) in [5, 5.41) is 0. The van der Waals surface area contributed by atoms with Gasteiger partial charge in [0.05, 0.1) is 17.2 Å². The van der Waals surface area contributed by atoms with Crippen LogP contribution in [0.25, 0.3) is 0 Å². The van der Waals surface area contributed by atoms with Crippen LogP contribution in [0, 0.1) is 13.8 Å². The van der Waals surface area contributed by atoms with Gasteiger partial charge in [0.2, 0.25) is 0 Å². The molecule has 0 radical (unpaired) electrons. The lowest BCUT2D eigenvalue weighted by molar-refractivity contribution is 0.202. The maximum atomic E-state index is 12.7. The third kappa shape index (κ3) is 3.87. The second-order valence-electron chi connectivity index (χ2n) is 5.27. The van der Waals surface area contributed by atoms with E-state index in [1.54, 1.807) is 26.2 Å². The number of benzene rings is 2. The molecule has 0 saturated heterocycles. The summed E-state index contributed by atoms with van der Waals surface area (Å²) < 4.78 is 33.1. The largest absolute Gasteiger partial charge is 0.384 e. The first-order valence-electron chi connectivity index (χ1n) is 7.11. The minimum Gasteiger partial charge on any atom is -0.384 e. The Bertz CT molecular complexity index is 754. The Kier molecular flexibility index (Phi) is 5.21. The number of aryl methyl sites for hydroxylation is 2. The van der Waals surface area contributed by atoms with Gasteiger partial charge in [0.25, 0.3) is 10.0 Å². The Balaban J connectivity index is 2.35. The quantitative estimate of drug-likeness (QED) is 0.889. The summed E-state index contributed by atoms with van der Waals surface area (Å²) in [7, 11) is -1.98. The summed E-state index contributed by atoms with van der Waals surface area (Å²) in [5.41, 5.74) is 3.16. The van der Waals surface area contributed by atoms with Gasteiger partial charge in [-0.25, -0.2) is 8.42 Å². The van der Waals surface area contributed by atoms with E-state index in [9.17, 15) is 8.42 Å². The summed E-state index contributed by atoms with van der Waals surface area (Å²) >= 11 is 0. The van der Waals surface area contributed by atoms with Crippen molar-refractivity contribution in [2.45, 2.75) is 25.2 Å². The molecular weight excluding hydrogens is 298 g/mol. The smallest absolute Gasteiger partial charge is 0.262 e. The molecule has 0 amide bonds. The molecule has 1 N–H and O–H groups in total. The number of hydrogen-bond donors (Lipinski definition) is 1. The summed E-state index contributed by atoms with van der Waals surface area (Å²) in [6, 6.07) is 12.8. The molecule has 0 aliphatic rings. The molecule has 0 aliphatic carbocycles. The van der Waals surface area contributed by atoms with Gasteiger partial charge in [0, 0.05) is 7.11 Å². The van der Waals surface area contributed by atoms with Crippen LogP contribution in [-0.4, -0.2) is 22.1 Å². The molecule has 0 heterocycles. The van der Waals surface area contributed by atoms with E-state index in [-0.39, 0.29) is 0 Å². The number of nitrogens with one attached hydrogen (secondary N) is 1. The van der Waals surface area contributed by atoms with Gasteiger partial charge in [-0.15, -0.1) is 0 Å². The predicted octanol–water partition coefficient (Wildman–Crippen LogP) is 3.29. The summed E-state index contributed by atoms with van der Waals surface area (Å²) in [5.74, 6) is 0. The molecule has 0 saturated carbocycles. The van der Waals surface area contributed by atoms with Crippen LogP contribution in [-0.2, 0) is 21.2 Å². The van der Waals surface area contributed by atoms with E-state index in [1.165, 1.54) is 0 Å². The van der Waals surface area contributed by atoms with Gasteiger partial charge < -0.3 is 4.74 Å². The minimum atomic E-state index is -3.60. The molecule has 4 nitrogen and oxygen atoms in total. The van der Waals surface area contributed by atoms with E-state index in [2.05, 4.69) is 4.72 Å². The molecule has 5 heteroatoms. The lowest BCUT2D eigenvalue weighted by atomic mass is 10.1. The van der Waals surface area contributed by atoms with E-state index >= 15 is 0 Å². The molecule has 0 unspecified atom stereocenters. The van der Waals surface area contributed by atoms with E-state index in [1.807, 2.05) is 37.3 Å². The van der Waals surface area contributed by atoms with Gasteiger partial charge in [0.15, 0.2) is 0 Å². The maximum Gasteiger partial charge on any atom is 0.262 e. The minimum absolute atomic E-state index is 0.314. The second-order valence-corrected chi connectivity index (χ2v) is 6.93. The molecule has 0 atom stereocenters. The molecule has 118 valence electrons. The fourth-order valence-corrected chi connectivity index (χ4v) is 3.68. The van der Waals surface area contributed by atoms with Crippen molar-refractivity contribution < 1.29 is 13.2 Å². The van der Waals surface area contributed by atoms with Crippen molar-refractivity contribution in [1.29, 1.82) is 0 Å². The van der Waals surface area contributed by atoms with Crippen LogP contribution in [0.2, 0.25) is 0 Å². The molecule has 2 rings (SSSR count). The van der Waals surface area contributed by atoms with Crippen LogP contribution in [0.5, 0.6) is 0 Å². The number of anilines is 1. The van der Waals surface area contributed by atoms with Crippen molar-refractivity contribution in [3.8, 4) is 0 Å². The first-order chi connectivity index (χ1) is 10.4. The predicted molar refractivity (Wildman–Crippen MR) is 88.7 cm³/mol. The molecule has 22 heavy (non-hydrogen) atoms. The number of ether oxygens (including phenoxy) is 1. The number of rotatable bonds is 6. The van der Waals surface area contributed by atoms with Gasteiger partial charge in [-0.05, 0) is 49.1 Å². The molecule has 0 aromatic heterocycles. The lowest BCUT2D eigenvalue weighted by Gasteiger charge is -2.14. The van der Waals surface area contributed by atoms with E-state index in [0.29, 0.717) is 23.6 Å². The standard InChI is InChI=1S/C17H21NO3S/c1-13-8-9-14(2)17(12-13)22(19,20)18-16-7-5-4-6-15(16)10-11-21-3/h4-9,12,18H,10-11H2,1-3H3. The van der Waals surface area contributed by atoms with Crippen LogP contribution >= 0.6 is 0 Å². The van der Waals surface area contributed by atoms with E-state index in [4.69, 9.17) is 4.74 Å². The Morgan fingerprint density at radius 1 is 1.09 bits per heavy atom. The summed E-state index contributed by atoms with van der Waals surface area (Å²) in [4.78, 5) is 0.314. The van der Waals surface area contributed by atoms with Crippen LogP contribution in [0.4, 0.5) is 5.69 Å². The van der Waals surface area contributed by atoms with Crippen molar-refractivity contribution in [3.63, 3.8) is 0 Å². The SMILES string of the molecule is COCCc1ccccc1NS(=O)(=O)c1cc(C)ccc1C. The van der Waals surface area contributed by atoms with Crippen molar-refractivity contribution in [2.24, 2.45) is 0 Å². The number of para-hydroxylation sites is 1. The monoisotopic (exact) mass is 319 g/mol. The van der Waals surface area contributed by atoms with Crippen LogP contribution in [0.3, 0.4) is 0 Å². The molecule has 0 fully saturated rings. The average molecular weight is 319 g/mol. The molecule has 0 spiro atoms. The first-order valence-corrected chi connectivity index (χ1v) is 8.59. The molecular formula is C17H21NO3S. The van der Waals surface area contributed by atoms with E-state index < -0.39 is 10.0 Å². The maximum absolute atomic E-state index is 12.7. The molecule has 2 aromatic rings. The summed E-state index contributed by atoms with van der Waals surface area (Å²) in [6.07, 6.45) is 0.655. The highest BCUT2D eigenvalue weighted by atomic mass is 32.2. The molecule has 2 aromatic carbocycles. The zero-order valence-corrected chi connectivity index (χ0v) is 13.9. The topological polar surface area (TPSA) is 55.4 Å². The Morgan fingerprint density at radius 2 is 1.82 bits per heavy atom. The van der Waals surface area contributed by atoms with Gasteiger partial charge in [-0.3, -0.25) is 4.72 Å². The zero-order valence-electron chi connectivity index (χ0n) is 13.1. The summed E-state index contributed by atoms with van der Waals surface area (Å²) in [6.45, 7) is 4.22. The van der Waals surface area contributed by atoms with Crippen molar-refractivity contribution in [3.05, 3.63) is 59.2 Å². The van der Waals surface area contributed by atoms with Crippen molar-refractivity contribution in [1.82, 2.24) is 0 Å². The third-order valence-corrected chi connectivity index (χ3v) is 4.98. The second kappa shape index (κ2) is 6.94. The zero-order chi connectivity index (χ0) is 16.2. The number of sulfonamides is 1. The Hall–Kier alpha value is -1.85. The fraction of sp³-hybridized carbons (Fsp3) is 0.294. The van der Waals surface area contributed by atoms with Gasteiger partial charge in [-0.1, -0.05) is 30.3 Å². The number of methoxy groups -OCH3 is 1. The van der Waals surface area contributed by atoms with Crippen LogP contribution < -0.4 is 4.72 Å². The van der Waals surface area contributed by atoms with Crippen LogP contribution in [0.15, 0.2) is 47.4 Å². The average Bonchev–Trinajstić information content (AvgIpc) is 2.48.